The average molecular weight is 443 g/mol. The van der Waals surface area contributed by atoms with Crippen LogP contribution in [0.1, 0.15) is 13.3 Å². The molecule has 1 heterocycles. The predicted molar refractivity (Wildman–Crippen MR) is 98.9 cm³/mol. The molecule has 1 fully saturated rings. The molecule has 1 saturated heterocycles. The number of nitrogens with one attached hydrogen (secondary N) is 1. The number of halogens is 1. The highest BCUT2D eigenvalue weighted by molar-refractivity contribution is 9.09. The Bertz CT molecular complexity index is 790. The third-order valence-corrected chi connectivity index (χ3v) is 5.00. The lowest BCUT2D eigenvalue weighted by molar-refractivity contribution is -0.154. The van der Waals surface area contributed by atoms with Gasteiger partial charge in [0.1, 0.15) is 5.76 Å². The quantitative estimate of drug-likeness (QED) is 0.155. The van der Waals surface area contributed by atoms with Crippen LogP contribution in [0.5, 0.6) is 0 Å². The number of carboxylic acids is 1. The van der Waals surface area contributed by atoms with Crippen LogP contribution in [0.25, 0.3) is 11.1 Å². The van der Waals surface area contributed by atoms with Gasteiger partial charge in [0.15, 0.2) is 16.3 Å². The van der Waals surface area contributed by atoms with Crippen LogP contribution < -0.4 is 5.32 Å². The van der Waals surface area contributed by atoms with Crippen LogP contribution in [0.4, 0.5) is 0 Å². The number of amides is 2. The molecule has 2 amide bonds. The van der Waals surface area contributed by atoms with Crippen molar-refractivity contribution in [3.63, 3.8) is 0 Å². The molecule has 1 unspecified atom stereocenters. The molecule has 1 atom stereocenters. The van der Waals surface area contributed by atoms with E-state index in [-0.39, 0.29) is 11.8 Å². The summed E-state index contributed by atoms with van der Waals surface area (Å²) in [6.07, 6.45) is -0.248. The number of carbonyl (C=O) groups excluding carboxylic acids is 3. The van der Waals surface area contributed by atoms with E-state index in [1.807, 2.05) is 0 Å². The molecule has 0 aromatic carbocycles. The molecular weight excluding hydrogens is 428 g/mol. The Morgan fingerprint density at radius 1 is 1.38 bits per heavy atom. The molecule has 10 heteroatoms. The van der Waals surface area contributed by atoms with Crippen molar-refractivity contribution in [2.45, 2.75) is 18.3 Å². The monoisotopic (exact) mass is 442 g/mol. The first-order valence-corrected chi connectivity index (χ1v) is 9.31. The number of aliphatic hydroxyl groups excluding tert-OH is 1. The van der Waals surface area contributed by atoms with E-state index in [4.69, 9.17) is 5.11 Å². The molecule has 0 spiro atoms. The van der Waals surface area contributed by atoms with Gasteiger partial charge in [-0.3, -0.25) is 19.3 Å². The average Bonchev–Trinajstić information content (AvgIpc) is 3.17. The summed E-state index contributed by atoms with van der Waals surface area (Å²) < 4.78 is 0. The number of aliphatic carboxylic acids is 1. The Labute approximate surface area is 161 Å². The van der Waals surface area contributed by atoms with Gasteiger partial charge in [0.05, 0.1) is 11.8 Å². The molecule has 0 aromatic rings. The van der Waals surface area contributed by atoms with E-state index in [0.717, 1.165) is 0 Å². The number of fused-ring (bicyclic) bond motifs is 1. The maximum absolute atomic E-state index is 11.7. The van der Waals surface area contributed by atoms with E-state index < -0.39 is 34.2 Å². The zero-order valence-corrected chi connectivity index (χ0v) is 16.0. The standard InChI is InChI=1S/C10H11BrN2O6S.C6H4/c1-5(15)12-10(20-4-14)2-7(17)13(10)8(9(18)19)6(16)3-11;1-2-5-4-6(5)3-1/h4,16H,2-3H2,1H3,(H,12,15)(H,18,19);1-4H. The highest BCUT2D eigenvalue weighted by Gasteiger charge is 2.56. The summed E-state index contributed by atoms with van der Waals surface area (Å²) in [6.45, 7) is 1.17. The van der Waals surface area contributed by atoms with Gasteiger partial charge in [-0.2, -0.15) is 0 Å². The van der Waals surface area contributed by atoms with Crippen LogP contribution in [-0.2, 0) is 19.2 Å². The maximum atomic E-state index is 11.7. The van der Waals surface area contributed by atoms with E-state index >= 15 is 0 Å². The summed E-state index contributed by atoms with van der Waals surface area (Å²) in [4.78, 5) is 44.0. The predicted octanol–water partition coefficient (Wildman–Crippen LogP) is 1.85. The number of nitrogens with zero attached hydrogens (tertiary/aromatic N) is 1. The number of rotatable bonds is 6. The number of aliphatic hydroxyl groups is 1. The Hall–Kier alpha value is -2.33. The van der Waals surface area contributed by atoms with Crippen molar-refractivity contribution in [2.24, 2.45) is 0 Å². The third kappa shape index (κ3) is 4.07. The minimum absolute atomic E-state index is 0.194. The van der Waals surface area contributed by atoms with Gasteiger partial charge in [-0.05, 0) is 29.0 Å². The molecule has 1 aliphatic heterocycles. The van der Waals surface area contributed by atoms with Crippen molar-refractivity contribution in [3.05, 3.63) is 35.7 Å². The fraction of sp³-hybridized carbons (Fsp3) is 0.250. The van der Waals surface area contributed by atoms with Gasteiger partial charge in [-0.25, -0.2) is 4.79 Å². The van der Waals surface area contributed by atoms with Gasteiger partial charge >= 0.3 is 5.97 Å². The summed E-state index contributed by atoms with van der Waals surface area (Å²) in [5.74, 6) is -3.30. The van der Waals surface area contributed by atoms with E-state index in [9.17, 15) is 24.3 Å². The van der Waals surface area contributed by atoms with Crippen LogP contribution in [0, 0.1) is 0 Å². The van der Waals surface area contributed by atoms with Gasteiger partial charge in [-0.15, -0.1) is 0 Å². The molecule has 3 rings (SSSR count). The molecule has 0 saturated carbocycles. The molecular formula is C16H15BrN2O6S. The fourth-order valence-electron chi connectivity index (χ4n) is 2.44. The topological polar surface area (TPSA) is 124 Å². The Balaban J connectivity index is 0.000000331. The van der Waals surface area contributed by atoms with Crippen molar-refractivity contribution in [3.8, 4) is 11.1 Å². The molecule has 3 N–H and O–H groups in total. The fourth-order valence-corrected chi connectivity index (χ4v) is 3.58. The smallest absolute Gasteiger partial charge is 0.356 e. The van der Waals surface area contributed by atoms with Crippen molar-refractivity contribution < 1.29 is 29.4 Å². The highest BCUT2D eigenvalue weighted by Crippen LogP contribution is 2.42. The molecule has 2 aliphatic carbocycles. The van der Waals surface area contributed by atoms with Crippen LogP contribution in [-0.4, -0.2) is 48.8 Å². The number of β-lactam (4-membered cyclic amide) rings is 1. The molecule has 3 aliphatic rings. The van der Waals surface area contributed by atoms with E-state index in [1.54, 1.807) is 0 Å². The van der Waals surface area contributed by atoms with Crippen molar-refractivity contribution in [1.29, 1.82) is 0 Å². The lowest BCUT2D eigenvalue weighted by Crippen LogP contribution is -2.70. The van der Waals surface area contributed by atoms with E-state index in [1.165, 1.54) is 18.1 Å². The normalized spacial score (nSPS) is 20.1. The van der Waals surface area contributed by atoms with E-state index in [2.05, 4.69) is 45.5 Å². The summed E-state index contributed by atoms with van der Waals surface area (Å²) in [7, 11) is 0. The van der Waals surface area contributed by atoms with Gasteiger partial charge in [0, 0.05) is 6.92 Å². The van der Waals surface area contributed by atoms with Crippen LogP contribution >= 0.6 is 27.7 Å². The van der Waals surface area contributed by atoms with Gasteiger partial charge < -0.3 is 15.5 Å². The summed E-state index contributed by atoms with van der Waals surface area (Å²) in [5, 5.41) is 20.9. The molecule has 26 heavy (non-hydrogen) atoms. The van der Waals surface area contributed by atoms with Crippen molar-refractivity contribution >= 4 is 51.1 Å². The van der Waals surface area contributed by atoms with Crippen molar-refractivity contribution in [2.75, 3.05) is 5.33 Å². The number of likely N-dealkylation sites (tertiary alicyclic amines) is 1. The first kappa shape index (κ1) is 20.0. The number of hydrogen-bond acceptors (Lipinski definition) is 6. The lowest BCUT2D eigenvalue weighted by Gasteiger charge is -2.49. The number of allylic oxidation sites excluding steroid dienone is 1. The number of benzene rings is 1. The zero-order chi connectivity index (χ0) is 19.5. The molecule has 0 aromatic heterocycles. The van der Waals surface area contributed by atoms with Gasteiger partial charge in [-0.1, -0.05) is 34.1 Å². The van der Waals surface area contributed by atoms with Crippen molar-refractivity contribution in [1.82, 2.24) is 10.2 Å². The van der Waals surface area contributed by atoms with Crippen LogP contribution in [0.3, 0.4) is 0 Å². The minimum Gasteiger partial charge on any atom is -0.509 e. The Morgan fingerprint density at radius 2 is 2.00 bits per heavy atom. The molecule has 0 radical (unpaired) electrons. The highest BCUT2D eigenvalue weighted by atomic mass is 79.9. The summed E-state index contributed by atoms with van der Waals surface area (Å²) in [5.41, 5.74) is 2.56. The Morgan fingerprint density at radius 3 is 2.31 bits per heavy atom. The summed E-state index contributed by atoms with van der Waals surface area (Å²) in [6, 6.07) is 8.48. The maximum Gasteiger partial charge on any atom is 0.356 e. The number of alkyl halides is 1. The summed E-state index contributed by atoms with van der Waals surface area (Å²) >= 11 is 3.43. The number of thioether (sulfide) groups is 1. The molecule has 8 nitrogen and oxygen atoms in total. The lowest BCUT2D eigenvalue weighted by atomic mass is 10.1. The zero-order valence-electron chi connectivity index (χ0n) is 13.6. The number of carbonyl (C=O) groups is 4. The third-order valence-electron chi connectivity index (χ3n) is 3.55. The van der Waals surface area contributed by atoms with Gasteiger partial charge in [0.25, 0.3) is 0 Å². The largest absolute Gasteiger partial charge is 0.509 e. The second-order valence-corrected chi connectivity index (χ2v) is 7.06. The number of carboxylic acid groups (broad SMARTS) is 1. The Kier molecular flexibility index (Phi) is 6.09. The second kappa shape index (κ2) is 7.92. The first-order chi connectivity index (χ1) is 12.3. The first-order valence-electron chi connectivity index (χ1n) is 7.31. The van der Waals surface area contributed by atoms with Crippen LogP contribution in [0.15, 0.2) is 35.7 Å². The minimum atomic E-state index is -1.55. The van der Waals surface area contributed by atoms with E-state index in [0.29, 0.717) is 22.3 Å². The molecule has 0 bridgehead atoms. The van der Waals surface area contributed by atoms with Gasteiger partial charge in [0.2, 0.25) is 11.8 Å². The number of hydrogen-bond donors (Lipinski definition) is 3. The SMILES string of the molecule is CC(=O)NC1(SC=O)CC(=O)N1C(C(=O)O)=C(O)CBr.c1cc2cc-2c1. The molecule has 138 valence electrons. The van der Waals surface area contributed by atoms with Crippen LogP contribution in [0.2, 0.25) is 0 Å². The second-order valence-electron chi connectivity index (χ2n) is 5.40.